The number of nitrogens with zero attached hydrogens (tertiary/aromatic N) is 3. The van der Waals surface area contributed by atoms with Gasteiger partial charge in [-0.25, -0.2) is 0 Å². The predicted octanol–water partition coefficient (Wildman–Crippen LogP) is 0.767. The topological polar surface area (TPSA) is 45.7 Å². The normalized spacial score (nSPS) is 23.7. The second-order valence-electron chi connectivity index (χ2n) is 5.08. The lowest BCUT2D eigenvalue weighted by Crippen LogP contribution is -2.50. The molecule has 0 aromatic carbocycles. The summed E-state index contributed by atoms with van der Waals surface area (Å²) in [5.74, 6) is 0.355. The Morgan fingerprint density at radius 2 is 2.16 bits per heavy atom. The molecule has 2 aliphatic rings. The number of hydrogen-bond donors (Lipinski definition) is 0. The van der Waals surface area contributed by atoms with Crippen molar-refractivity contribution in [1.29, 1.82) is 0 Å². The van der Waals surface area contributed by atoms with Gasteiger partial charge in [-0.2, -0.15) is 0 Å². The van der Waals surface area contributed by atoms with Gasteiger partial charge < -0.3 is 14.5 Å². The van der Waals surface area contributed by atoms with Crippen LogP contribution < -0.4 is 4.90 Å². The molecule has 0 bridgehead atoms. The van der Waals surface area contributed by atoms with Crippen molar-refractivity contribution in [3.63, 3.8) is 0 Å². The lowest BCUT2D eigenvalue weighted by Gasteiger charge is -2.36. The molecule has 0 aliphatic carbocycles. The molecular weight excluding hydrogens is 242 g/mol. The summed E-state index contributed by atoms with van der Waals surface area (Å²) in [7, 11) is 0. The molecule has 3 rings (SSSR count). The van der Waals surface area contributed by atoms with Crippen molar-refractivity contribution in [2.75, 3.05) is 44.3 Å². The van der Waals surface area contributed by atoms with Crippen LogP contribution in [0.4, 0.5) is 5.69 Å². The van der Waals surface area contributed by atoms with Gasteiger partial charge in [0, 0.05) is 39.0 Å². The number of aromatic nitrogens is 1. The van der Waals surface area contributed by atoms with Crippen molar-refractivity contribution in [1.82, 2.24) is 9.88 Å². The minimum atomic E-state index is 0.0879. The third kappa shape index (κ3) is 2.71. The number of rotatable bonds is 2. The van der Waals surface area contributed by atoms with Crippen LogP contribution in [-0.4, -0.2) is 55.2 Å². The fourth-order valence-corrected chi connectivity index (χ4v) is 2.71. The third-order valence-corrected chi connectivity index (χ3v) is 3.88. The second-order valence-corrected chi connectivity index (χ2v) is 5.08. The number of amides is 1. The number of carbonyl (C=O) groups excluding carboxylic acids is 1. The second kappa shape index (κ2) is 5.57. The smallest absolute Gasteiger partial charge is 0.228 e. The number of hydrogen-bond acceptors (Lipinski definition) is 4. The number of carbonyl (C=O) groups is 1. The quantitative estimate of drug-likeness (QED) is 0.789. The highest BCUT2D eigenvalue weighted by Gasteiger charge is 2.30. The van der Waals surface area contributed by atoms with E-state index in [1.807, 2.05) is 17.2 Å². The van der Waals surface area contributed by atoms with Crippen LogP contribution in [0.3, 0.4) is 0 Å². The summed E-state index contributed by atoms with van der Waals surface area (Å²) in [4.78, 5) is 20.7. The number of pyridine rings is 1. The molecule has 3 heterocycles. The van der Waals surface area contributed by atoms with E-state index in [4.69, 9.17) is 4.74 Å². The molecule has 2 aliphatic heterocycles. The molecule has 0 N–H and O–H groups in total. The highest BCUT2D eigenvalue weighted by atomic mass is 16.5. The van der Waals surface area contributed by atoms with E-state index in [9.17, 15) is 4.79 Å². The van der Waals surface area contributed by atoms with Gasteiger partial charge in [-0.1, -0.05) is 0 Å². The van der Waals surface area contributed by atoms with Crippen LogP contribution >= 0.6 is 0 Å². The van der Waals surface area contributed by atoms with Crippen molar-refractivity contribution in [2.45, 2.75) is 6.42 Å². The van der Waals surface area contributed by atoms with Crippen LogP contribution in [0.5, 0.6) is 0 Å². The van der Waals surface area contributed by atoms with E-state index in [0.717, 1.165) is 44.9 Å². The third-order valence-electron chi connectivity index (χ3n) is 3.88. The van der Waals surface area contributed by atoms with E-state index < -0.39 is 0 Å². The number of anilines is 1. The first-order valence-electron chi connectivity index (χ1n) is 6.86. The zero-order chi connectivity index (χ0) is 13.1. The fourth-order valence-electron chi connectivity index (χ4n) is 2.71. The van der Waals surface area contributed by atoms with Crippen LogP contribution in [0.25, 0.3) is 0 Å². The molecule has 19 heavy (non-hydrogen) atoms. The largest absolute Gasteiger partial charge is 0.381 e. The average molecular weight is 261 g/mol. The summed E-state index contributed by atoms with van der Waals surface area (Å²) in [6.45, 7) is 4.68. The Hall–Kier alpha value is -1.62. The molecule has 1 aromatic heterocycles. The van der Waals surface area contributed by atoms with Gasteiger partial charge in [0.2, 0.25) is 5.91 Å². The molecule has 5 heteroatoms. The first-order valence-corrected chi connectivity index (χ1v) is 6.86. The molecule has 5 nitrogen and oxygen atoms in total. The molecule has 0 spiro atoms. The highest BCUT2D eigenvalue weighted by molar-refractivity contribution is 5.79. The maximum absolute atomic E-state index is 12.3. The SMILES string of the molecule is O=C([C@H]1CCOC1)N1CCN(c2cccnc2)CC1. The van der Waals surface area contributed by atoms with Gasteiger partial charge in [0.25, 0.3) is 0 Å². The molecule has 0 unspecified atom stereocenters. The summed E-state index contributed by atoms with van der Waals surface area (Å²) in [5, 5.41) is 0. The summed E-state index contributed by atoms with van der Waals surface area (Å²) < 4.78 is 5.29. The van der Waals surface area contributed by atoms with Gasteiger partial charge in [-0.05, 0) is 18.6 Å². The monoisotopic (exact) mass is 261 g/mol. The summed E-state index contributed by atoms with van der Waals surface area (Å²) in [6.07, 6.45) is 4.54. The standard InChI is InChI=1S/C14H19N3O2/c18-14(12-3-9-19-11-12)17-7-5-16(6-8-17)13-2-1-4-15-10-13/h1-2,4,10,12H,3,5-9,11H2/t12-/m0/s1. The fraction of sp³-hybridized carbons (Fsp3) is 0.571. The van der Waals surface area contributed by atoms with Crippen LogP contribution in [0, 0.1) is 5.92 Å². The summed E-state index contributed by atoms with van der Waals surface area (Å²) in [6, 6.07) is 4.01. The Morgan fingerprint density at radius 3 is 2.79 bits per heavy atom. The molecule has 2 fully saturated rings. The highest BCUT2D eigenvalue weighted by Crippen LogP contribution is 2.19. The van der Waals surface area contributed by atoms with Gasteiger partial charge in [-0.3, -0.25) is 9.78 Å². The van der Waals surface area contributed by atoms with Gasteiger partial charge >= 0.3 is 0 Å². The van der Waals surface area contributed by atoms with E-state index in [0.29, 0.717) is 6.61 Å². The maximum atomic E-state index is 12.3. The van der Waals surface area contributed by atoms with E-state index in [1.165, 1.54) is 0 Å². The molecule has 0 radical (unpaired) electrons. The number of ether oxygens (including phenoxy) is 1. The van der Waals surface area contributed by atoms with Gasteiger partial charge in [-0.15, -0.1) is 0 Å². The van der Waals surface area contributed by atoms with Crippen molar-refractivity contribution in [2.24, 2.45) is 5.92 Å². The lowest BCUT2D eigenvalue weighted by molar-refractivity contribution is -0.135. The van der Waals surface area contributed by atoms with E-state index in [-0.39, 0.29) is 11.8 Å². The summed E-state index contributed by atoms with van der Waals surface area (Å²) >= 11 is 0. The Morgan fingerprint density at radius 1 is 1.32 bits per heavy atom. The Kier molecular flexibility index (Phi) is 3.64. The lowest BCUT2D eigenvalue weighted by atomic mass is 10.1. The van der Waals surface area contributed by atoms with E-state index in [2.05, 4.69) is 16.0 Å². The molecule has 1 aromatic rings. The van der Waals surface area contributed by atoms with Crippen LogP contribution in [0.1, 0.15) is 6.42 Å². The van der Waals surface area contributed by atoms with Gasteiger partial charge in [0.05, 0.1) is 24.4 Å². The minimum absolute atomic E-state index is 0.0879. The van der Waals surface area contributed by atoms with Crippen molar-refractivity contribution < 1.29 is 9.53 Å². The maximum Gasteiger partial charge on any atom is 0.228 e. The molecule has 102 valence electrons. The molecule has 0 saturated carbocycles. The molecule has 2 saturated heterocycles. The molecule has 1 atom stereocenters. The molecular formula is C14H19N3O2. The first kappa shape index (κ1) is 12.4. The van der Waals surface area contributed by atoms with Crippen LogP contribution in [0.2, 0.25) is 0 Å². The Labute approximate surface area is 113 Å². The summed E-state index contributed by atoms with van der Waals surface area (Å²) in [5.41, 5.74) is 1.14. The predicted molar refractivity (Wildman–Crippen MR) is 72.0 cm³/mol. The zero-order valence-corrected chi connectivity index (χ0v) is 11.0. The number of piperazine rings is 1. The average Bonchev–Trinajstić information content (AvgIpc) is 3.02. The minimum Gasteiger partial charge on any atom is -0.381 e. The zero-order valence-electron chi connectivity index (χ0n) is 11.0. The molecule has 1 amide bonds. The Bertz CT molecular complexity index is 424. The van der Waals surface area contributed by atoms with Crippen molar-refractivity contribution >= 4 is 11.6 Å². The van der Waals surface area contributed by atoms with E-state index in [1.54, 1.807) is 6.20 Å². The van der Waals surface area contributed by atoms with Crippen molar-refractivity contribution in [3.05, 3.63) is 24.5 Å². The van der Waals surface area contributed by atoms with Crippen LogP contribution in [-0.2, 0) is 9.53 Å². The first-order chi connectivity index (χ1) is 9.34. The van der Waals surface area contributed by atoms with Gasteiger partial charge in [0.15, 0.2) is 0 Å². The van der Waals surface area contributed by atoms with E-state index >= 15 is 0 Å². The van der Waals surface area contributed by atoms with Gasteiger partial charge in [0.1, 0.15) is 0 Å². The van der Waals surface area contributed by atoms with Crippen molar-refractivity contribution in [3.8, 4) is 0 Å². The van der Waals surface area contributed by atoms with Crippen LogP contribution in [0.15, 0.2) is 24.5 Å². The Balaban J connectivity index is 1.56.